The minimum Gasteiger partial charge on any atom is -0.478 e. The Hall–Kier alpha value is -2.54. The topological polar surface area (TPSA) is 102 Å². The van der Waals surface area contributed by atoms with E-state index >= 15 is 0 Å². The van der Waals surface area contributed by atoms with Crippen molar-refractivity contribution in [2.75, 3.05) is 13.2 Å². The standard InChI is InChI=1S/C16H19NO6/c1-10(2)7-21-9-12(13-4-3-5-22-13)17-15(18)14-6-11(8-23-14)16(19)20/h3-6,8,10,12H,7,9H2,1-2H3,(H,17,18)(H,19,20). The van der Waals surface area contributed by atoms with Gasteiger partial charge in [-0.2, -0.15) is 0 Å². The van der Waals surface area contributed by atoms with Gasteiger partial charge >= 0.3 is 5.97 Å². The van der Waals surface area contributed by atoms with E-state index in [1.807, 2.05) is 13.8 Å². The van der Waals surface area contributed by atoms with E-state index in [2.05, 4.69) is 5.32 Å². The lowest BCUT2D eigenvalue weighted by atomic mass is 10.2. The second kappa shape index (κ2) is 7.64. The van der Waals surface area contributed by atoms with Gasteiger partial charge in [-0.25, -0.2) is 4.79 Å². The molecule has 0 saturated carbocycles. The van der Waals surface area contributed by atoms with Gasteiger partial charge in [0, 0.05) is 12.7 Å². The van der Waals surface area contributed by atoms with Crippen LogP contribution in [0.5, 0.6) is 0 Å². The summed E-state index contributed by atoms with van der Waals surface area (Å²) in [4.78, 5) is 23.0. The third-order valence-electron chi connectivity index (χ3n) is 3.00. The van der Waals surface area contributed by atoms with Crippen LogP contribution < -0.4 is 5.32 Å². The van der Waals surface area contributed by atoms with E-state index in [0.717, 1.165) is 6.26 Å². The predicted octanol–water partition coefficient (Wildman–Crippen LogP) is 2.71. The number of aromatic carboxylic acids is 1. The lowest BCUT2D eigenvalue weighted by Crippen LogP contribution is -2.31. The summed E-state index contributed by atoms with van der Waals surface area (Å²) in [7, 11) is 0. The van der Waals surface area contributed by atoms with E-state index in [-0.39, 0.29) is 17.9 Å². The number of rotatable bonds is 8. The van der Waals surface area contributed by atoms with E-state index < -0.39 is 17.9 Å². The molecule has 1 unspecified atom stereocenters. The Kier molecular flexibility index (Phi) is 5.59. The van der Waals surface area contributed by atoms with Crippen LogP contribution in [-0.2, 0) is 4.74 Å². The van der Waals surface area contributed by atoms with Crippen LogP contribution in [0.1, 0.15) is 46.6 Å². The first-order valence-electron chi connectivity index (χ1n) is 7.21. The fraction of sp³-hybridized carbons (Fsp3) is 0.375. The smallest absolute Gasteiger partial charge is 0.338 e. The predicted molar refractivity (Wildman–Crippen MR) is 80.2 cm³/mol. The Labute approximate surface area is 133 Å². The fourth-order valence-electron chi connectivity index (χ4n) is 1.90. The van der Waals surface area contributed by atoms with E-state index in [0.29, 0.717) is 18.3 Å². The summed E-state index contributed by atoms with van der Waals surface area (Å²) in [5.41, 5.74) is -0.0826. The van der Waals surface area contributed by atoms with Gasteiger partial charge in [0.1, 0.15) is 18.1 Å². The number of carboxylic acids is 1. The second-order valence-corrected chi connectivity index (χ2v) is 5.48. The highest BCUT2D eigenvalue weighted by Crippen LogP contribution is 2.16. The average molecular weight is 321 g/mol. The zero-order valence-electron chi connectivity index (χ0n) is 12.9. The molecule has 0 spiro atoms. The number of carbonyl (C=O) groups excluding carboxylic acids is 1. The fourth-order valence-corrected chi connectivity index (χ4v) is 1.90. The van der Waals surface area contributed by atoms with E-state index in [9.17, 15) is 9.59 Å². The first kappa shape index (κ1) is 16.8. The summed E-state index contributed by atoms with van der Waals surface area (Å²) in [6.07, 6.45) is 2.53. The highest BCUT2D eigenvalue weighted by Gasteiger charge is 2.21. The molecule has 23 heavy (non-hydrogen) atoms. The molecular formula is C16H19NO6. The summed E-state index contributed by atoms with van der Waals surface area (Å²) in [6, 6.07) is 4.13. The molecule has 2 aromatic heterocycles. The SMILES string of the molecule is CC(C)COCC(NC(=O)c1cc(C(=O)O)co1)c1ccco1. The van der Waals surface area contributed by atoms with Crippen LogP contribution in [0, 0.1) is 5.92 Å². The van der Waals surface area contributed by atoms with Gasteiger partial charge in [-0.15, -0.1) is 0 Å². The number of carbonyl (C=O) groups is 2. The molecule has 0 aliphatic rings. The number of hydrogen-bond donors (Lipinski definition) is 2. The van der Waals surface area contributed by atoms with Crippen molar-refractivity contribution < 1.29 is 28.3 Å². The molecule has 0 fully saturated rings. The van der Waals surface area contributed by atoms with Gasteiger partial charge in [-0.1, -0.05) is 13.8 Å². The van der Waals surface area contributed by atoms with Crippen molar-refractivity contribution >= 4 is 11.9 Å². The quantitative estimate of drug-likeness (QED) is 0.775. The van der Waals surface area contributed by atoms with Crippen LogP contribution >= 0.6 is 0 Å². The van der Waals surface area contributed by atoms with Crippen LogP contribution in [0.3, 0.4) is 0 Å². The zero-order valence-corrected chi connectivity index (χ0v) is 12.9. The Morgan fingerprint density at radius 2 is 2.09 bits per heavy atom. The van der Waals surface area contributed by atoms with Crippen molar-refractivity contribution in [1.29, 1.82) is 0 Å². The minimum atomic E-state index is -1.16. The van der Waals surface area contributed by atoms with Gasteiger partial charge in [0.25, 0.3) is 5.91 Å². The molecular weight excluding hydrogens is 302 g/mol. The Balaban J connectivity index is 2.03. The highest BCUT2D eigenvalue weighted by molar-refractivity contribution is 5.95. The van der Waals surface area contributed by atoms with Crippen LogP contribution in [0.25, 0.3) is 0 Å². The number of amides is 1. The highest BCUT2D eigenvalue weighted by atomic mass is 16.5. The lowest BCUT2D eigenvalue weighted by Gasteiger charge is -2.17. The average Bonchev–Trinajstić information content (AvgIpc) is 3.17. The number of carboxylic acid groups (broad SMARTS) is 1. The summed E-state index contributed by atoms with van der Waals surface area (Å²) in [5.74, 6) is -0.858. The Morgan fingerprint density at radius 3 is 2.65 bits per heavy atom. The van der Waals surface area contributed by atoms with Gasteiger partial charge in [0.2, 0.25) is 0 Å². The molecule has 0 aromatic carbocycles. The van der Waals surface area contributed by atoms with Crippen LogP contribution in [0.15, 0.2) is 39.6 Å². The molecule has 0 aliphatic carbocycles. The molecule has 0 radical (unpaired) electrons. The van der Waals surface area contributed by atoms with Crippen LogP contribution in [0.4, 0.5) is 0 Å². The molecule has 2 N–H and O–H groups in total. The number of nitrogens with one attached hydrogen (secondary N) is 1. The molecule has 2 rings (SSSR count). The maximum atomic E-state index is 12.2. The van der Waals surface area contributed by atoms with Crippen molar-refractivity contribution in [3.8, 4) is 0 Å². The Bertz CT molecular complexity index is 643. The van der Waals surface area contributed by atoms with Crippen LogP contribution in [0.2, 0.25) is 0 Å². The molecule has 7 nitrogen and oxygen atoms in total. The van der Waals surface area contributed by atoms with Crippen LogP contribution in [-0.4, -0.2) is 30.2 Å². The normalized spacial score (nSPS) is 12.3. The molecule has 0 saturated heterocycles. The van der Waals surface area contributed by atoms with Gasteiger partial charge in [0.05, 0.1) is 18.4 Å². The van der Waals surface area contributed by atoms with E-state index in [1.165, 1.54) is 12.3 Å². The third-order valence-corrected chi connectivity index (χ3v) is 3.00. The van der Waals surface area contributed by atoms with Gasteiger partial charge < -0.3 is 24.0 Å². The largest absolute Gasteiger partial charge is 0.478 e. The molecule has 1 amide bonds. The van der Waals surface area contributed by atoms with E-state index in [4.69, 9.17) is 18.7 Å². The summed E-state index contributed by atoms with van der Waals surface area (Å²) >= 11 is 0. The number of hydrogen-bond acceptors (Lipinski definition) is 5. The number of ether oxygens (including phenoxy) is 1. The molecule has 2 aromatic rings. The van der Waals surface area contributed by atoms with E-state index in [1.54, 1.807) is 12.1 Å². The molecule has 1 atom stereocenters. The monoisotopic (exact) mass is 321 g/mol. The summed E-state index contributed by atoms with van der Waals surface area (Å²) < 4.78 is 15.9. The summed E-state index contributed by atoms with van der Waals surface area (Å²) in [6.45, 7) is 4.84. The van der Waals surface area contributed by atoms with Gasteiger partial charge in [-0.05, 0) is 18.1 Å². The van der Waals surface area contributed by atoms with Gasteiger partial charge in [-0.3, -0.25) is 4.79 Å². The first-order chi connectivity index (χ1) is 11.0. The third kappa shape index (κ3) is 4.72. The van der Waals surface area contributed by atoms with Crippen molar-refractivity contribution in [2.24, 2.45) is 5.92 Å². The minimum absolute atomic E-state index is 0.0807. The zero-order chi connectivity index (χ0) is 16.8. The van der Waals surface area contributed by atoms with Crippen molar-refractivity contribution in [1.82, 2.24) is 5.32 Å². The maximum Gasteiger partial charge on any atom is 0.338 e. The molecule has 0 aliphatic heterocycles. The van der Waals surface area contributed by atoms with Crippen molar-refractivity contribution in [3.05, 3.63) is 47.8 Å². The molecule has 0 bridgehead atoms. The summed E-state index contributed by atoms with van der Waals surface area (Å²) in [5, 5.41) is 11.6. The second-order valence-electron chi connectivity index (χ2n) is 5.48. The van der Waals surface area contributed by atoms with Crippen molar-refractivity contribution in [2.45, 2.75) is 19.9 Å². The number of furan rings is 2. The first-order valence-corrected chi connectivity index (χ1v) is 7.21. The van der Waals surface area contributed by atoms with Crippen molar-refractivity contribution in [3.63, 3.8) is 0 Å². The molecule has 7 heteroatoms. The maximum absolute atomic E-state index is 12.2. The van der Waals surface area contributed by atoms with Gasteiger partial charge in [0.15, 0.2) is 5.76 Å². The lowest BCUT2D eigenvalue weighted by molar-refractivity contribution is 0.0695. The molecule has 124 valence electrons. The Morgan fingerprint density at radius 1 is 1.30 bits per heavy atom. The molecule has 2 heterocycles.